The fourth-order valence-electron chi connectivity index (χ4n) is 13.3. The molecule has 3 aromatic heterocycles. The van der Waals surface area contributed by atoms with E-state index in [1.165, 1.54) is 15.6 Å². The van der Waals surface area contributed by atoms with Crippen molar-refractivity contribution < 1.29 is 28.4 Å². The Morgan fingerprint density at radius 2 is 0.583 bits per heavy atom. The Labute approximate surface area is 486 Å². The van der Waals surface area contributed by atoms with Gasteiger partial charge in [-0.1, -0.05) is 0 Å². The topological polar surface area (TPSA) is 94.0 Å². The Bertz CT molecular complexity index is 4550. The van der Waals surface area contributed by atoms with Gasteiger partial charge in [-0.3, -0.25) is 0 Å². The predicted molar refractivity (Wildman–Crippen MR) is 344 cm³/mol. The van der Waals surface area contributed by atoms with Gasteiger partial charge in [0.25, 0.3) is 0 Å². The van der Waals surface area contributed by atoms with Crippen LogP contribution in [-0.2, 0) is 0 Å². The molecular formula is C73H57N4O6Si-. The first-order valence-electron chi connectivity index (χ1n) is 27.9. The third-order valence-corrected chi connectivity index (χ3v) is 22.7. The molecule has 84 heavy (non-hydrogen) atoms. The monoisotopic (exact) mass is 1110 g/mol. The molecule has 410 valence electrons. The fraction of sp³-hybridized carbons (Fsp3) is 0.0822. The van der Waals surface area contributed by atoms with Crippen molar-refractivity contribution in [1.29, 1.82) is 5.26 Å². The summed E-state index contributed by atoms with van der Waals surface area (Å²) in [6.07, 6.45) is 0. The molecule has 10 nitrogen and oxygen atoms in total. The molecule has 14 rings (SSSR count). The van der Waals surface area contributed by atoms with Crippen LogP contribution in [-0.4, -0.2) is 64.4 Å². The molecule has 0 fully saturated rings. The van der Waals surface area contributed by atoms with E-state index < -0.39 is 8.07 Å². The van der Waals surface area contributed by atoms with Gasteiger partial charge in [-0.25, -0.2) is 0 Å². The molecule has 14 aromatic rings. The van der Waals surface area contributed by atoms with Crippen molar-refractivity contribution in [2.75, 3.05) is 42.7 Å². The number of hydrogen-bond donors (Lipinski definition) is 0. The summed E-state index contributed by atoms with van der Waals surface area (Å²) in [5.41, 5.74) is 11.4. The van der Waals surface area contributed by atoms with Crippen LogP contribution in [0.2, 0.25) is 0 Å². The minimum absolute atomic E-state index is 0.620. The molecule has 0 radical (unpaired) electrons. The normalized spacial score (nSPS) is 11.9. The van der Waals surface area contributed by atoms with Gasteiger partial charge in [0.15, 0.2) is 0 Å². The van der Waals surface area contributed by atoms with Gasteiger partial charge in [0, 0.05) is 0 Å². The number of nitrogens with zero attached hydrogens (tertiary/aromatic N) is 4. The van der Waals surface area contributed by atoms with Crippen LogP contribution in [0.3, 0.4) is 0 Å². The molecule has 0 saturated heterocycles. The number of methoxy groups -OCH3 is 6. The van der Waals surface area contributed by atoms with Crippen molar-refractivity contribution in [3.63, 3.8) is 0 Å². The Hall–Kier alpha value is -10.7. The van der Waals surface area contributed by atoms with Gasteiger partial charge in [0.05, 0.1) is 0 Å². The molecule has 0 aliphatic rings. The summed E-state index contributed by atoms with van der Waals surface area (Å²) in [5, 5.41) is 20.6. The van der Waals surface area contributed by atoms with E-state index >= 15 is 0 Å². The number of rotatable bonds is 14. The zero-order valence-corrected chi connectivity index (χ0v) is 48.4. The summed E-state index contributed by atoms with van der Waals surface area (Å²) in [6, 6.07) is 84.7. The molecule has 0 aliphatic carbocycles. The van der Waals surface area contributed by atoms with Crippen molar-refractivity contribution in [3.05, 3.63) is 236 Å². The molecule has 0 aliphatic heterocycles. The molecule has 11 heteroatoms. The third-order valence-electron chi connectivity index (χ3n) is 17.2. The predicted octanol–water partition coefficient (Wildman–Crippen LogP) is 13.7. The van der Waals surface area contributed by atoms with Crippen LogP contribution in [0.25, 0.3) is 93.6 Å². The van der Waals surface area contributed by atoms with Crippen LogP contribution in [0, 0.1) is 11.3 Å². The molecule has 0 bridgehead atoms. The summed E-state index contributed by atoms with van der Waals surface area (Å²) in [6.45, 7) is 0. The Kier molecular flexibility index (Phi) is 12.7. The number of nitriles is 1. The Balaban J connectivity index is 1.25. The van der Waals surface area contributed by atoms with Crippen LogP contribution in [0.5, 0.6) is 34.5 Å². The molecule has 0 spiro atoms. The molecule has 3 heterocycles. The van der Waals surface area contributed by atoms with Crippen molar-refractivity contribution in [1.82, 2.24) is 13.7 Å². The van der Waals surface area contributed by atoms with E-state index in [9.17, 15) is 5.26 Å². The molecule has 0 amide bonds. The quantitative estimate of drug-likeness (QED) is 0.0791. The molecule has 11 aromatic carbocycles. The number of ether oxygens (including phenoxy) is 6. The summed E-state index contributed by atoms with van der Waals surface area (Å²) in [4.78, 5) is 0. The summed E-state index contributed by atoms with van der Waals surface area (Å²) >= 11 is 0. The van der Waals surface area contributed by atoms with Crippen LogP contribution in [0.15, 0.2) is 231 Å². The molecular weight excluding hydrogens is 1060 g/mol. The summed E-state index contributed by atoms with van der Waals surface area (Å²) < 4.78 is 43.4. The Morgan fingerprint density at radius 1 is 0.298 bits per heavy atom. The zero-order chi connectivity index (χ0) is 57.2. The van der Waals surface area contributed by atoms with Crippen molar-refractivity contribution in [2.24, 2.45) is 0 Å². The number of hydrogen-bond acceptors (Lipinski definition) is 7. The molecule has 0 saturated carbocycles. The first-order chi connectivity index (χ1) is 41.3. The number of aromatic nitrogens is 3. The standard InChI is InChI=1S/C73H57N4O6Si/c1-78-49-23-31-65-59(37-49)60-38-50(79-2)24-32-66(60)75(65)71-43-58(84(55-13-9-7-10-14-55,56-15-11-8-12-16-56)57-29-21-48(22-30-57)47-19-17-46(45-74)18-20-47)44-72(76-67-33-25-51(80-3)39-61(67)62-40-52(81-4)26-34-68(62)76)73(71)77-69-35-27-53(82-5)41-63(69)64-42-54(83-6)28-36-70(64)77/h7-44,84H,1-6H3/q-1. The van der Waals surface area contributed by atoms with E-state index in [-0.39, 0.29) is 0 Å². The average molecular weight is 1110 g/mol. The van der Waals surface area contributed by atoms with E-state index in [1.807, 2.05) is 36.4 Å². The van der Waals surface area contributed by atoms with Crippen LogP contribution in [0.1, 0.15) is 5.56 Å². The maximum absolute atomic E-state index is 9.73. The average Bonchev–Trinajstić information content (AvgIpc) is 4.31. The first kappa shape index (κ1) is 51.5. The van der Waals surface area contributed by atoms with Gasteiger partial charge >= 0.3 is 489 Å². The number of benzene rings is 11. The fourth-order valence-corrected chi connectivity index (χ4v) is 18.7. The van der Waals surface area contributed by atoms with E-state index in [0.29, 0.717) is 5.56 Å². The van der Waals surface area contributed by atoms with E-state index in [2.05, 4.69) is 214 Å². The first-order valence-corrected chi connectivity index (χ1v) is 30.2. The summed E-state index contributed by atoms with van der Waals surface area (Å²) in [5.74, 6) is 4.45. The van der Waals surface area contributed by atoms with Crippen LogP contribution >= 0.6 is 0 Å². The number of fused-ring (bicyclic) bond motifs is 9. The van der Waals surface area contributed by atoms with E-state index in [4.69, 9.17) is 28.4 Å². The van der Waals surface area contributed by atoms with Crippen molar-refractivity contribution in [2.45, 2.75) is 0 Å². The van der Waals surface area contributed by atoms with Crippen molar-refractivity contribution in [3.8, 4) is 68.8 Å². The maximum atomic E-state index is 9.73. The van der Waals surface area contributed by atoms with Gasteiger partial charge in [-0.05, 0) is 0 Å². The second-order valence-corrected chi connectivity index (χ2v) is 25.6. The van der Waals surface area contributed by atoms with Gasteiger partial charge in [0.1, 0.15) is 0 Å². The van der Waals surface area contributed by atoms with E-state index in [0.717, 1.165) is 133 Å². The van der Waals surface area contributed by atoms with Gasteiger partial charge in [-0.2, -0.15) is 0 Å². The minimum atomic E-state index is -3.99. The van der Waals surface area contributed by atoms with Gasteiger partial charge in [-0.15, -0.1) is 0 Å². The van der Waals surface area contributed by atoms with Crippen LogP contribution in [0.4, 0.5) is 0 Å². The van der Waals surface area contributed by atoms with Crippen molar-refractivity contribution >= 4 is 94.2 Å². The molecule has 0 atom stereocenters. The van der Waals surface area contributed by atoms with E-state index in [1.54, 1.807) is 42.7 Å². The van der Waals surface area contributed by atoms with Crippen LogP contribution < -0.4 is 49.2 Å². The molecule has 0 unspecified atom stereocenters. The third kappa shape index (κ3) is 8.05. The van der Waals surface area contributed by atoms with Gasteiger partial charge in [0.2, 0.25) is 0 Å². The summed E-state index contributed by atoms with van der Waals surface area (Å²) in [7, 11) is 6.30. The van der Waals surface area contributed by atoms with Gasteiger partial charge < -0.3 is 0 Å². The second kappa shape index (κ2) is 20.7. The SMILES string of the molecule is COc1ccc2c(c1)c1cc(OC)ccc1n2-c1cc([SiH-](c2ccccc2)(c2ccccc2)c2ccc(-c3ccc(C#N)cc3)cc2)cc(-n2c3ccc(OC)cc3c3cc(OC)ccc32)c1-n1c2ccc(OC)cc2c2cc(OC)ccc21. The zero-order valence-electron chi connectivity index (χ0n) is 47.3. The second-order valence-electron chi connectivity index (χ2n) is 21.2. The molecule has 0 N–H and O–H groups in total. The Morgan fingerprint density at radius 3 is 0.881 bits per heavy atom.